The summed E-state index contributed by atoms with van der Waals surface area (Å²) in [7, 11) is 1.49. The molecule has 3 nitrogen and oxygen atoms in total. The quantitative estimate of drug-likeness (QED) is 0.664. The van der Waals surface area contributed by atoms with Crippen LogP contribution in [0.4, 0.5) is 0 Å². The SMILES string of the molecule is CCCNC(CSCC)(C(=O)OC)C1CC1. The van der Waals surface area contributed by atoms with Gasteiger partial charge in [0.25, 0.3) is 0 Å². The summed E-state index contributed by atoms with van der Waals surface area (Å²) < 4.78 is 5.00. The second kappa shape index (κ2) is 6.50. The van der Waals surface area contributed by atoms with Crippen LogP contribution in [0, 0.1) is 5.92 Å². The molecule has 0 bridgehead atoms. The summed E-state index contributed by atoms with van der Waals surface area (Å²) >= 11 is 1.81. The van der Waals surface area contributed by atoms with E-state index < -0.39 is 5.54 Å². The molecule has 0 aromatic rings. The number of hydrogen-bond donors (Lipinski definition) is 1. The van der Waals surface area contributed by atoms with Gasteiger partial charge in [-0.1, -0.05) is 13.8 Å². The fourth-order valence-corrected chi connectivity index (χ4v) is 2.96. The van der Waals surface area contributed by atoms with E-state index in [1.54, 1.807) is 0 Å². The monoisotopic (exact) mass is 245 g/mol. The summed E-state index contributed by atoms with van der Waals surface area (Å²) in [6.07, 6.45) is 3.34. The Balaban J connectivity index is 2.71. The highest BCUT2D eigenvalue weighted by atomic mass is 32.2. The highest BCUT2D eigenvalue weighted by Gasteiger charge is 2.51. The first-order valence-electron chi connectivity index (χ1n) is 6.12. The number of hydrogen-bond acceptors (Lipinski definition) is 4. The normalized spacial score (nSPS) is 19.2. The predicted octanol–water partition coefficient (Wildman–Crippen LogP) is 2.06. The van der Waals surface area contributed by atoms with Crippen molar-refractivity contribution in [3.05, 3.63) is 0 Å². The average Bonchev–Trinajstić information content (AvgIpc) is 3.13. The Labute approximate surface area is 103 Å². The van der Waals surface area contributed by atoms with Crippen LogP contribution in [0.3, 0.4) is 0 Å². The number of thioether (sulfide) groups is 1. The third-order valence-electron chi connectivity index (χ3n) is 3.05. The van der Waals surface area contributed by atoms with E-state index in [4.69, 9.17) is 4.74 Å². The molecule has 0 heterocycles. The number of nitrogens with one attached hydrogen (secondary N) is 1. The molecule has 1 atom stereocenters. The van der Waals surface area contributed by atoms with Crippen molar-refractivity contribution in [1.29, 1.82) is 0 Å². The van der Waals surface area contributed by atoms with Gasteiger partial charge >= 0.3 is 5.97 Å². The maximum atomic E-state index is 12.0. The molecule has 1 fully saturated rings. The van der Waals surface area contributed by atoms with E-state index in [0.29, 0.717) is 5.92 Å². The number of carbonyl (C=O) groups excluding carboxylic acids is 1. The van der Waals surface area contributed by atoms with Crippen molar-refractivity contribution in [2.24, 2.45) is 5.92 Å². The molecule has 0 spiro atoms. The van der Waals surface area contributed by atoms with Crippen molar-refractivity contribution in [2.75, 3.05) is 25.2 Å². The molecule has 0 amide bonds. The van der Waals surface area contributed by atoms with Crippen LogP contribution >= 0.6 is 11.8 Å². The zero-order chi connectivity index (χ0) is 12.0. The first-order chi connectivity index (χ1) is 7.71. The molecule has 0 aliphatic heterocycles. The number of methoxy groups -OCH3 is 1. The lowest BCUT2D eigenvalue weighted by Crippen LogP contribution is -2.57. The number of ether oxygens (including phenoxy) is 1. The molecule has 0 aromatic heterocycles. The van der Waals surface area contributed by atoms with Gasteiger partial charge in [0.2, 0.25) is 0 Å². The summed E-state index contributed by atoms with van der Waals surface area (Å²) in [4.78, 5) is 12.0. The first kappa shape index (κ1) is 13.8. The molecule has 1 aliphatic carbocycles. The van der Waals surface area contributed by atoms with E-state index in [1.807, 2.05) is 11.8 Å². The van der Waals surface area contributed by atoms with E-state index in [-0.39, 0.29) is 5.97 Å². The van der Waals surface area contributed by atoms with Gasteiger partial charge in [-0.05, 0) is 37.5 Å². The van der Waals surface area contributed by atoms with Gasteiger partial charge in [-0.15, -0.1) is 0 Å². The number of rotatable bonds is 8. The third-order valence-corrected chi connectivity index (χ3v) is 4.12. The summed E-state index contributed by atoms with van der Waals surface area (Å²) in [5, 5.41) is 3.44. The highest BCUT2D eigenvalue weighted by molar-refractivity contribution is 7.99. The molecule has 1 rings (SSSR count). The van der Waals surface area contributed by atoms with Crippen molar-refractivity contribution < 1.29 is 9.53 Å². The minimum absolute atomic E-state index is 0.0793. The lowest BCUT2D eigenvalue weighted by Gasteiger charge is -2.32. The smallest absolute Gasteiger partial charge is 0.327 e. The van der Waals surface area contributed by atoms with Gasteiger partial charge in [0, 0.05) is 5.75 Å². The molecular weight excluding hydrogens is 222 g/mol. The molecular formula is C12H23NO2S. The van der Waals surface area contributed by atoms with Crippen LogP contribution in [-0.2, 0) is 9.53 Å². The molecule has 0 saturated heterocycles. The summed E-state index contributed by atoms with van der Waals surface area (Å²) in [6.45, 7) is 5.13. The minimum atomic E-state index is -0.425. The maximum Gasteiger partial charge on any atom is 0.327 e. The van der Waals surface area contributed by atoms with Gasteiger partial charge in [-0.3, -0.25) is 4.79 Å². The lowest BCUT2D eigenvalue weighted by atomic mass is 9.95. The molecule has 16 heavy (non-hydrogen) atoms. The Morgan fingerprint density at radius 2 is 2.19 bits per heavy atom. The van der Waals surface area contributed by atoms with E-state index in [0.717, 1.165) is 37.3 Å². The van der Waals surface area contributed by atoms with Crippen molar-refractivity contribution in [1.82, 2.24) is 5.32 Å². The second-order valence-electron chi connectivity index (χ2n) is 4.30. The third kappa shape index (κ3) is 3.14. The molecule has 94 valence electrons. The van der Waals surface area contributed by atoms with Crippen molar-refractivity contribution in [2.45, 2.75) is 38.6 Å². The van der Waals surface area contributed by atoms with Gasteiger partial charge in [-0.25, -0.2) is 0 Å². The van der Waals surface area contributed by atoms with Crippen LogP contribution in [0.25, 0.3) is 0 Å². The van der Waals surface area contributed by atoms with Gasteiger partial charge < -0.3 is 10.1 Å². The largest absolute Gasteiger partial charge is 0.468 e. The van der Waals surface area contributed by atoms with Crippen LogP contribution in [0.1, 0.15) is 33.1 Å². The van der Waals surface area contributed by atoms with E-state index >= 15 is 0 Å². The average molecular weight is 245 g/mol. The van der Waals surface area contributed by atoms with Crippen molar-refractivity contribution in [3.63, 3.8) is 0 Å². The first-order valence-corrected chi connectivity index (χ1v) is 7.28. The predicted molar refractivity (Wildman–Crippen MR) is 68.8 cm³/mol. The van der Waals surface area contributed by atoms with Gasteiger partial charge in [0.1, 0.15) is 5.54 Å². The zero-order valence-electron chi connectivity index (χ0n) is 10.5. The minimum Gasteiger partial charge on any atom is -0.468 e. The van der Waals surface area contributed by atoms with Gasteiger partial charge in [-0.2, -0.15) is 11.8 Å². The van der Waals surface area contributed by atoms with Crippen LogP contribution in [0.2, 0.25) is 0 Å². The fourth-order valence-electron chi connectivity index (χ4n) is 1.98. The molecule has 1 saturated carbocycles. The van der Waals surface area contributed by atoms with Crippen molar-refractivity contribution >= 4 is 17.7 Å². The van der Waals surface area contributed by atoms with Crippen LogP contribution < -0.4 is 5.32 Å². The van der Waals surface area contributed by atoms with Crippen LogP contribution in [0.5, 0.6) is 0 Å². The molecule has 1 unspecified atom stereocenters. The Kier molecular flexibility index (Phi) is 5.62. The van der Waals surface area contributed by atoms with Crippen LogP contribution in [0.15, 0.2) is 0 Å². The fraction of sp³-hybridized carbons (Fsp3) is 0.917. The molecule has 1 aliphatic rings. The summed E-state index contributed by atoms with van der Waals surface area (Å²) in [5.74, 6) is 2.27. The Morgan fingerprint density at radius 1 is 1.50 bits per heavy atom. The zero-order valence-corrected chi connectivity index (χ0v) is 11.4. The van der Waals surface area contributed by atoms with Gasteiger partial charge in [0.15, 0.2) is 0 Å². The standard InChI is InChI=1S/C12H23NO2S/c1-4-8-13-12(9-16-5-2,10-6-7-10)11(14)15-3/h10,13H,4-9H2,1-3H3. The Bertz CT molecular complexity index is 221. The maximum absolute atomic E-state index is 12.0. The molecule has 0 aromatic carbocycles. The van der Waals surface area contributed by atoms with E-state index in [1.165, 1.54) is 7.11 Å². The van der Waals surface area contributed by atoms with E-state index in [9.17, 15) is 4.79 Å². The second-order valence-corrected chi connectivity index (χ2v) is 5.58. The Hall–Kier alpha value is -0.220. The lowest BCUT2D eigenvalue weighted by molar-refractivity contribution is -0.148. The Morgan fingerprint density at radius 3 is 2.62 bits per heavy atom. The van der Waals surface area contributed by atoms with Crippen molar-refractivity contribution in [3.8, 4) is 0 Å². The topological polar surface area (TPSA) is 38.3 Å². The molecule has 1 N–H and O–H groups in total. The molecule has 0 radical (unpaired) electrons. The summed E-state index contributed by atoms with van der Waals surface area (Å²) in [5.41, 5.74) is -0.425. The molecule has 4 heteroatoms. The number of esters is 1. The highest BCUT2D eigenvalue weighted by Crippen LogP contribution is 2.42. The van der Waals surface area contributed by atoms with Gasteiger partial charge in [0.05, 0.1) is 7.11 Å². The van der Waals surface area contributed by atoms with E-state index in [2.05, 4.69) is 19.2 Å². The summed E-state index contributed by atoms with van der Waals surface area (Å²) in [6, 6.07) is 0. The number of carbonyl (C=O) groups is 1. The van der Waals surface area contributed by atoms with Crippen LogP contribution in [-0.4, -0.2) is 36.7 Å².